The Hall–Kier alpha value is -2.65. The molecule has 0 fully saturated rings. The van der Waals surface area contributed by atoms with Gasteiger partial charge in [-0.05, 0) is 55.9 Å². The standard InChI is InChI=1S/C23H28ClFN6OS/c1-15(2)14-30-20(27-28-23(30)33-4)6-5-13-26-21(32)12-11-19-16(3)29-31(22(19)24)18-9-7-17(25)8-10-18/h7-12,15H,5-6,13-14H2,1-4H3,(H,26,32)/b12-11+. The number of carbonyl (C=O) groups excluding carboxylic acids is 1. The molecule has 0 saturated heterocycles. The van der Waals surface area contributed by atoms with Crippen LogP contribution in [0.2, 0.25) is 5.15 Å². The van der Waals surface area contributed by atoms with Gasteiger partial charge in [-0.2, -0.15) is 5.10 Å². The van der Waals surface area contributed by atoms with Crippen LogP contribution in [-0.2, 0) is 17.8 Å². The van der Waals surface area contributed by atoms with Crippen LogP contribution >= 0.6 is 23.4 Å². The number of aromatic nitrogens is 5. The molecule has 1 amide bonds. The van der Waals surface area contributed by atoms with Crippen molar-refractivity contribution in [1.29, 1.82) is 0 Å². The fourth-order valence-electron chi connectivity index (χ4n) is 3.33. The van der Waals surface area contributed by atoms with E-state index in [1.165, 1.54) is 22.9 Å². The van der Waals surface area contributed by atoms with Gasteiger partial charge in [-0.15, -0.1) is 10.2 Å². The van der Waals surface area contributed by atoms with E-state index in [4.69, 9.17) is 11.6 Å². The Balaban J connectivity index is 1.55. The fraction of sp³-hybridized carbons (Fsp3) is 0.391. The number of thioether (sulfide) groups is 1. The highest BCUT2D eigenvalue weighted by molar-refractivity contribution is 7.98. The van der Waals surface area contributed by atoms with Crippen LogP contribution in [0.25, 0.3) is 11.8 Å². The van der Waals surface area contributed by atoms with Crippen molar-refractivity contribution >= 4 is 35.3 Å². The highest BCUT2D eigenvalue weighted by Gasteiger charge is 2.14. The molecule has 1 aromatic carbocycles. The molecule has 0 unspecified atom stereocenters. The summed E-state index contributed by atoms with van der Waals surface area (Å²) >= 11 is 8.04. The van der Waals surface area contributed by atoms with Crippen molar-refractivity contribution < 1.29 is 9.18 Å². The number of nitrogens with one attached hydrogen (secondary N) is 1. The Labute approximate surface area is 202 Å². The lowest BCUT2D eigenvalue weighted by atomic mass is 10.2. The molecule has 0 aliphatic heterocycles. The third kappa shape index (κ3) is 6.45. The van der Waals surface area contributed by atoms with Gasteiger partial charge < -0.3 is 9.88 Å². The van der Waals surface area contributed by atoms with E-state index in [9.17, 15) is 9.18 Å². The second-order valence-electron chi connectivity index (χ2n) is 8.01. The number of carbonyl (C=O) groups is 1. The van der Waals surface area contributed by atoms with E-state index < -0.39 is 0 Å². The molecule has 33 heavy (non-hydrogen) atoms. The Morgan fingerprint density at radius 1 is 1.27 bits per heavy atom. The minimum Gasteiger partial charge on any atom is -0.353 e. The van der Waals surface area contributed by atoms with Gasteiger partial charge in [0.2, 0.25) is 5.91 Å². The van der Waals surface area contributed by atoms with Crippen molar-refractivity contribution in [3.8, 4) is 5.69 Å². The first-order valence-electron chi connectivity index (χ1n) is 10.7. The molecular formula is C23H28ClFN6OS. The summed E-state index contributed by atoms with van der Waals surface area (Å²) in [5.74, 6) is 0.889. The van der Waals surface area contributed by atoms with E-state index in [2.05, 4.69) is 39.0 Å². The quantitative estimate of drug-likeness (QED) is 0.253. The molecule has 0 atom stereocenters. The minimum absolute atomic E-state index is 0.214. The zero-order valence-corrected chi connectivity index (χ0v) is 20.8. The average molecular weight is 491 g/mol. The first-order valence-corrected chi connectivity index (χ1v) is 12.3. The van der Waals surface area contributed by atoms with Gasteiger partial charge in [-0.25, -0.2) is 9.07 Å². The largest absolute Gasteiger partial charge is 0.353 e. The molecule has 10 heteroatoms. The molecule has 0 spiro atoms. The smallest absolute Gasteiger partial charge is 0.244 e. The number of aryl methyl sites for hydroxylation is 2. The predicted octanol–water partition coefficient (Wildman–Crippen LogP) is 4.70. The summed E-state index contributed by atoms with van der Waals surface area (Å²) in [6.45, 7) is 7.53. The number of halogens is 2. The number of nitrogens with zero attached hydrogens (tertiary/aromatic N) is 5. The van der Waals surface area contributed by atoms with Gasteiger partial charge in [-0.3, -0.25) is 4.79 Å². The summed E-state index contributed by atoms with van der Waals surface area (Å²) < 4.78 is 16.9. The van der Waals surface area contributed by atoms with Gasteiger partial charge in [0.1, 0.15) is 16.8 Å². The summed E-state index contributed by atoms with van der Waals surface area (Å²) in [4.78, 5) is 12.3. The third-order valence-corrected chi connectivity index (χ3v) is 5.95. The Morgan fingerprint density at radius 3 is 2.67 bits per heavy atom. The van der Waals surface area contributed by atoms with Crippen LogP contribution < -0.4 is 5.32 Å². The van der Waals surface area contributed by atoms with Crippen molar-refractivity contribution in [3.05, 3.63) is 58.4 Å². The van der Waals surface area contributed by atoms with Crippen molar-refractivity contribution in [2.75, 3.05) is 12.8 Å². The van der Waals surface area contributed by atoms with E-state index in [-0.39, 0.29) is 11.7 Å². The molecule has 0 aliphatic carbocycles. The average Bonchev–Trinajstić information content (AvgIpc) is 3.29. The number of hydrogen-bond acceptors (Lipinski definition) is 5. The fourth-order valence-corrected chi connectivity index (χ4v) is 4.19. The van der Waals surface area contributed by atoms with Gasteiger partial charge >= 0.3 is 0 Å². The van der Waals surface area contributed by atoms with Crippen LogP contribution in [0.15, 0.2) is 35.5 Å². The highest BCUT2D eigenvalue weighted by atomic mass is 35.5. The second-order valence-corrected chi connectivity index (χ2v) is 9.14. The monoisotopic (exact) mass is 490 g/mol. The van der Waals surface area contributed by atoms with Gasteiger partial charge in [0.05, 0.1) is 11.4 Å². The summed E-state index contributed by atoms with van der Waals surface area (Å²) in [6, 6.07) is 5.88. The Kier molecular flexibility index (Phi) is 8.68. The highest BCUT2D eigenvalue weighted by Crippen LogP contribution is 2.25. The molecule has 0 bridgehead atoms. The summed E-state index contributed by atoms with van der Waals surface area (Å²) in [5.41, 5.74) is 1.95. The Bertz CT molecular complexity index is 1120. The van der Waals surface area contributed by atoms with Crippen LogP contribution in [0.1, 0.15) is 37.4 Å². The maximum Gasteiger partial charge on any atom is 0.244 e. The topological polar surface area (TPSA) is 77.6 Å². The van der Waals surface area contributed by atoms with E-state index in [0.29, 0.717) is 34.6 Å². The van der Waals surface area contributed by atoms with E-state index in [0.717, 1.165) is 30.4 Å². The number of amides is 1. The maximum atomic E-state index is 13.2. The molecule has 2 aromatic heterocycles. The van der Waals surface area contributed by atoms with Crippen LogP contribution in [-0.4, -0.2) is 43.3 Å². The molecule has 1 N–H and O–H groups in total. The molecule has 0 saturated carbocycles. The van der Waals surface area contributed by atoms with E-state index in [1.807, 2.05) is 6.26 Å². The zero-order chi connectivity index (χ0) is 24.0. The third-order valence-electron chi connectivity index (χ3n) is 4.92. The first kappa shape index (κ1) is 25.0. The van der Waals surface area contributed by atoms with Gasteiger partial charge in [0.25, 0.3) is 0 Å². The van der Waals surface area contributed by atoms with Gasteiger partial charge in [0.15, 0.2) is 5.16 Å². The Morgan fingerprint density at radius 2 is 2.00 bits per heavy atom. The molecule has 3 rings (SSSR count). The van der Waals surface area contributed by atoms with Crippen LogP contribution in [0.5, 0.6) is 0 Å². The van der Waals surface area contributed by atoms with Crippen molar-refractivity contribution in [1.82, 2.24) is 29.9 Å². The number of rotatable bonds is 10. The van der Waals surface area contributed by atoms with Gasteiger partial charge in [-0.1, -0.05) is 37.2 Å². The zero-order valence-electron chi connectivity index (χ0n) is 19.2. The molecule has 0 aliphatic rings. The van der Waals surface area contributed by atoms with Crippen LogP contribution in [0.3, 0.4) is 0 Å². The van der Waals surface area contributed by atoms with E-state index >= 15 is 0 Å². The predicted molar refractivity (Wildman–Crippen MR) is 130 cm³/mol. The number of hydrogen-bond donors (Lipinski definition) is 1. The molecule has 7 nitrogen and oxygen atoms in total. The van der Waals surface area contributed by atoms with Crippen molar-refractivity contribution in [2.45, 2.75) is 45.3 Å². The lowest BCUT2D eigenvalue weighted by Gasteiger charge is -2.11. The van der Waals surface area contributed by atoms with Crippen LogP contribution in [0, 0.1) is 18.7 Å². The minimum atomic E-state index is -0.333. The SMILES string of the molecule is CSc1nnc(CCCNC(=O)/C=C/c2c(C)nn(-c3ccc(F)cc3)c2Cl)n1CC(C)C. The number of benzene rings is 1. The molecule has 0 radical (unpaired) electrons. The van der Waals surface area contributed by atoms with E-state index in [1.54, 1.807) is 36.9 Å². The molecule has 2 heterocycles. The molecular weight excluding hydrogens is 463 g/mol. The summed E-state index contributed by atoms with van der Waals surface area (Å²) in [6.07, 6.45) is 6.57. The summed E-state index contributed by atoms with van der Waals surface area (Å²) in [5, 5.41) is 17.1. The first-order chi connectivity index (χ1) is 15.8. The maximum absolute atomic E-state index is 13.2. The van der Waals surface area contributed by atoms with Gasteiger partial charge in [0, 0.05) is 31.1 Å². The lowest BCUT2D eigenvalue weighted by molar-refractivity contribution is -0.116. The van der Waals surface area contributed by atoms with Crippen molar-refractivity contribution in [2.24, 2.45) is 5.92 Å². The molecule has 3 aromatic rings. The molecule has 176 valence electrons. The lowest BCUT2D eigenvalue weighted by Crippen LogP contribution is -2.23. The van der Waals surface area contributed by atoms with Crippen molar-refractivity contribution in [3.63, 3.8) is 0 Å². The van der Waals surface area contributed by atoms with Crippen LogP contribution in [0.4, 0.5) is 4.39 Å². The normalized spacial score (nSPS) is 11.6. The second kappa shape index (κ2) is 11.5. The summed E-state index contributed by atoms with van der Waals surface area (Å²) in [7, 11) is 0.